The second-order valence-electron chi connectivity index (χ2n) is 9.03. The largest absolute Gasteiger partial charge is 0.439 e. The van der Waals surface area contributed by atoms with Gasteiger partial charge in [-0.25, -0.2) is 4.79 Å². The number of hydrogen-bond acceptors (Lipinski definition) is 4. The van der Waals surface area contributed by atoms with Crippen LogP contribution >= 0.6 is 0 Å². The monoisotopic (exact) mass is 361 g/mol. The van der Waals surface area contributed by atoms with Gasteiger partial charge in [0.25, 0.3) is 5.91 Å². The predicted molar refractivity (Wildman–Crippen MR) is 101 cm³/mol. The van der Waals surface area contributed by atoms with Crippen molar-refractivity contribution in [3.05, 3.63) is 35.9 Å². The fourth-order valence-corrected chi connectivity index (χ4v) is 3.27. The molecule has 0 spiro atoms. The lowest BCUT2D eigenvalue weighted by Crippen LogP contribution is -2.49. The number of cyclic esters (lactones) is 1. The Morgan fingerprint density at radius 1 is 1.15 bits per heavy atom. The van der Waals surface area contributed by atoms with Crippen LogP contribution in [0.2, 0.25) is 0 Å². The van der Waals surface area contributed by atoms with Gasteiger partial charge in [0.05, 0.1) is 11.7 Å². The first-order chi connectivity index (χ1) is 11.9. The number of benzene rings is 1. The Labute approximate surface area is 156 Å². The summed E-state index contributed by atoms with van der Waals surface area (Å²) in [6.07, 6.45) is -0.381. The van der Waals surface area contributed by atoms with E-state index in [1.165, 1.54) is 0 Å². The summed E-state index contributed by atoms with van der Waals surface area (Å²) in [5.74, 6) is -0.553. The summed E-state index contributed by atoms with van der Waals surface area (Å²) in [4.78, 5) is 27.4. The maximum atomic E-state index is 13.2. The molecule has 1 aliphatic heterocycles. The highest BCUT2D eigenvalue weighted by molar-refractivity contribution is 5.98. The fourth-order valence-electron chi connectivity index (χ4n) is 3.27. The molecule has 1 saturated heterocycles. The molecule has 1 aromatic rings. The van der Waals surface area contributed by atoms with Gasteiger partial charge in [0.2, 0.25) is 0 Å². The lowest BCUT2D eigenvalue weighted by atomic mass is 9.92. The molecule has 0 N–H and O–H groups in total. The molecular formula is C21H31NO4. The van der Waals surface area contributed by atoms with Crippen molar-refractivity contribution in [2.24, 2.45) is 5.41 Å². The molecule has 0 aromatic heterocycles. The number of amides is 1. The average Bonchev–Trinajstić information content (AvgIpc) is 2.82. The van der Waals surface area contributed by atoms with E-state index in [-0.39, 0.29) is 29.0 Å². The van der Waals surface area contributed by atoms with Crippen LogP contribution in [0.3, 0.4) is 0 Å². The minimum absolute atomic E-state index is 0.183. The van der Waals surface area contributed by atoms with Gasteiger partial charge < -0.3 is 9.47 Å². The maximum absolute atomic E-state index is 13.2. The van der Waals surface area contributed by atoms with Gasteiger partial charge in [0.1, 0.15) is 6.04 Å². The van der Waals surface area contributed by atoms with Crippen LogP contribution in [0.1, 0.15) is 65.2 Å². The highest BCUT2D eigenvalue weighted by Crippen LogP contribution is 2.35. The second-order valence-corrected chi connectivity index (χ2v) is 9.03. The van der Waals surface area contributed by atoms with Crippen LogP contribution in [-0.4, -0.2) is 40.8 Å². The molecule has 1 aliphatic rings. The highest BCUT2D eigenvalue weighted by Gasteiger charge is 2.50. The van der Waals surface area contributed by atoms with E-state index in [1.807, 2.05) is 66.7 Å². The molecule has 0 aliphatic carbocycles. The standard InChI is InChI=1S/C21H31NO4/c1-14(26-21(5,6)7)13-16-18(24)25-19(20(2,3)4)22(16)17(23)15-11-9-8-10-12-15/h8-12,14,16,19H,13H2,1-7H3/t14?,16-,19+/m1/s1. The smallest absolute Gasteiger partial charge is 0.331 e. The topological polar surface area (TPSA) is 55.8 Å². The van der Waals surface area contributed by atoms with Crippen LogP contribution in [0.5, 0.6) is 0 Å². The number of nitrogens with zero attached hydrogens (tertiary/aromatic N) is 1. The molecular weight excluding hydrogens is 330 g/mol. The molecule has 1 fully saturated rings. The average molecular weight is 361 g/mol. The van der Waals surface area contributed by atoms with Gasteiger partial charge in [-0.15, -0.1) is 0 Å². The minimum atomic E-state index is -0.649. The second kappa shape index (κ2) is 7.39. The third kappa shape index (κ3) is 4.85. The molecule has 0 radical (unpaired) electrons. The van der Waals surface area contributed by atoms with Gasteiger partial charge in [-0.1, -0.05) is 39.0 Å². The minimum Gasteiger partial charge on any atom is -0.439 e. The Balaban J connectivity index is 2.32. The molecule has 0 saturated carbocycles. The molecule has 0 bridgehead atoms. The molecule has 1 amide bonds. The summed E-state index contributed by atoms with van der Waals surface area (Å²) < 4.78 is 11.6. The predicted octanol–water partition coefficient (Wildman–Crippen LogP) is 4.02. The lowest BCUT2D eigenvalue weighted by molar-refractivity contribution is -0.147. The molecule has 26 heavy (non-hydrogen) atoms. The van der Waals surface area contributed by atoms with Gasteiger partial charge in [-0.2, -0.15) is 0 Å². The van der Waals surface area contributed by atoms with Gasteiger partial charge in [0.15, 0.2) is 6.23 Å². The highest BCUT2D eigenvalue weighted by atomic mass is 16.6. The Hall–Kier alpha value is -1.88. The number of ether oxygens (including phenoxy) is 2. The zero-order chi connectivity index (χ0) is 19.7. The van der Waals surface area contributed by atoms with E-state index >= 15 is 0 Å². The zero-order valence-electron chi connectivity index (χ0n) is 16.9. The molecule has 3 atom stereocenters. The van der Waals surface area contributed by atoms with Crippen LogP contribution in [0.25, 0.3) is 0 Å². The Morgan fingerprint density at radius 2 is 1.73 bits per heavy atom. The van der Waals surface area contributed by atoms with Crippen molar-refractivity contribution < 1.29 is 19.1 Å². The molecule has 2 rings (SSSR count). The summed E-state index contributed by atoms with van der Waals surface area (Å²) in [6.45, 7) is 13.7. The number of rotatable bonds is 4. The summed E-state index contributed by atoms with van der Waals surface area (Å²) >= 11 is 0. The van der Waals surface area contributed by atoms with Crippen molar-refractivity contribution in [2.45, 2.75) is 78.9 Å². The quantitative estimate of drug-likeness (QED) is 0.760. The van der Waals surface area contributed by atoms with Crippen LogP contribution in [-0.2, 0) is 14.3 Å². The first-order valence-corrected chi connectivity index (χ1v) is 9.16. The molecule has 1 heterocycles. The zero-order valence-corrected chi connectivity index (χ0v) is 16.9. The van der Waals surface area contributed by atoms with E-state index in [4.69, 9.17) is 9.47 Å². The third-order valence-electron chi connectivity index (χ3n) is 4.19. The van der Waals surface area contributed by atoms with Crippen molar-refractivity contribution in [3.63, 3.8) is 0 Å². The maximum Gasteiger partial charge on any atom is 0.331 e. The van der Waals surface area contributed by atoms with E-state index in [1.54, 1.807) is 17.0 Å². The summed E-state index contributed by atoms with van der Waals surface area (Å²) in [5.41, 5.74) is -0.155. The van der Waals surface area contributed by atoms with Crippen molar-refractivity contribution in [2.75, 3.05) is 0 Å². The first kappa shape index (κ1) is 20.4. The van der Waals surface area contributed by atoms with E-state index in [0.717, 1.165) is 0 Å². The number of carbonyl (C=O) groups is 2. The fraction of sp³-hybridized carbons (Fsp3) is 0.619. The molecule has 5 heteroatoms. The van der Waals surface area contributed by atoms with Gasteiger partial charge in [-0.3, -0.25) is 9.69 Å². The van der Waals surface area contributed by atoms with E-state index in [2.05, 4.69) is 0 Å². The number of esters is 1. The molecule has 1 unspecified atom stereocenters. The molecule has 5 nitrogen and oxygen atoms in total. The van der Waals surface area contributed by atoms with E-state index < -0.39 is 12.3 Å². The van der Waals surface area contributed by atoms with Crippen LogP contribution < -0.4 is 0 Å². The normalized spacial score (nSPS) is 22.3. The lowest BCUT2D eigenvalue weighted by Gasteiger charge is -2.35. The van der Waals surface area contributed by atoms with Gasteiger partial charge >= 0.3 is 5.97 Å². The summed E-state index contributed by atoms with van der Waals surface area (Å²) in [5, 5.41) is 0. The third-order valence-corrected chi connectivity index (χ3v) is 4.19. The first-order valence-electron chi connectivity index (χ1n) is 9.16. The Kier molecular flexibility index (Phi) is 5.81. The summed E-state index contributed by atoms with van der Waals surface area (Å²) in [7, 11) is 0. The van der Waals surface area contributed by atoms with Gasteiger partial charge in [0, 0.05) is 17.4 Å². The Morgan fingerprint density at radius 3 is 2.23 bits per heavy atom. The van der Waals surface area contributed by atoms with Crippen molar-refractivity contribution in [1.82, 2.24) is 4.90 Å². The van der Waals surface area contributed by atoms with Crippen molar-refractivity contribution in [3.8, 4) is 0 Å². The van der Waals surface area contributed by atoms with E-state index in [0.29, 0.717) is 12.0 Å². The number of hydrogen-bond donors (Lipinski definition) is 0. The van der Waals surface area contributed by atoms with Crippen LogP contribution in [0.4, 0.5) is 0 Å². The van der Waals surface area contributed by atoms with Crippen LogP contribution in [0, 0.1) is 5.41 Å². The summed E-state index contributed by atoms with van der Waals surface area (Å²) in [6, 6.07) is 8.37. The van der Waals surface area contributed by atoms with Crippen LogP contribution in [0.15, 0.2) is 30.3 Å². The van der Waals surface area contributed by atoms with E-state index in [9.17, 15) is 9.59 Å². The van der Waals surface area contributed by atoms with Gasteiger partial charge in [-0.05, 0) is 39.8 Å². The molecule has 1 aromatic carbocycles. The Bertz CT molecular complexity index is 642. The van der Waals surface area contributed by atoms with Crippen molar-refractivity contribution >= 4 is 11.9 Å². The van der Waals surface area contributed by atoms with Crippen molar-refractivity contribution in [1.29, 1.82) is 0 Å². The molecule has 144 valence electrons. The number of carbonyl (C=O) groups excluding carboxylic acids is 2. The SMILES string of the molecule is CC(C[C@@H]1C(=O)O[C@@H](C(C)(C)C)N1C(=O)c1ccccc1)OC(C)(C)C.